The van der Waals surface area contributed by atoms with Crippen LogP contribution in [0.5, 0.6) is 11.5 Å². The Morgan fingerprint density at radius 1 is 0.953 bits per heavy atom. The number of benzene rings is 2. The summed E-state index contributed by atoms with van der Waals surface area (Å²) in [5.74, 6) is 2.12. The summed E-state index contributed by atoms with van der Waals surface area (Å²) in [7, 11) is -3.30. The van der Waals surface area contributed by atoms with Crippen molar-refractivity contribution in [1.29, 1.82) is 0 Å². The third-order valence-corrected chi connectivity index (χ3v) is 9.72. The summed E-state index contributed by atoms with van der Waals surface area (Å²) in [4.78, 5) is 6.53. The smallest absolute Gasteiger partial charge is 0.229 e. The number of unbranched alkanes of at least 4 members (excludes halogenated alkanes) is 1. The van der Waals surface area contributed by atoms with Crippen molar-refractivity contribution < 1.29 is 13.2 Å². The molecule has 1 aliphatic heterocycles. The van der Waals surface area contributed by atoms with E-state index in [1.165, 1.54) is 37.7 Å². The lowest BCUT2D eigenvalue weighted by Crippen LogP contribution is -2.51. The Hall–Kier alpha value is -1.98. The van der Waals surface area contributed by atoms with Gasteiger partial charge in [0.05, 0.1) is 6.26 Å². The number of ether oxygens (including phenoxy) is 1. The van der Waals surface area contributed by atoms with Gasteiger partial charge in [-0.2, -0.15) is 0 Å². The zero-order valence-corrected chi connectivity index (χ0v) is 28.7. The maximum absolute atomic E-state index is 11.4. The van der Waals surface area contributed by atoms with Crippen LogP contribution in [0.3, 0.4) is 0 Å². The molecule has 1 saturated heterocycles. The number of likely N-dealkylation sites (tertiary alicyclic amines) is 1. The first-order chi connectivity index (χ1) is 20.2. The van der Waals surface area contributed by atoms with Gasteiger partial charge in [0.15, 0.2) is 0 Å². The highest BCUT2D eigenvalue weighted by molar-refractivity contribution is 7.92. The van der Waals surface area contributed by atoms with Crippen LogP contribution in [0.2, 0.25) is 0 Å². The van der Waals surface area contributed by atoms with E-state index in [0.717, 1.165) is 86.3 Å². The molecule has 4 rings (SSSR count). The number of piperidine rings is 1. The van der Waals surface area contributed by atoms with Crippen LogP contribution in [0.4, 0.5) is 5.69 Å². The number of rotatable bonds is 12. The van der Waals surface area contributed by atoms with Gasteiger partial charge in [0, 0.05) is 44.5 Å². The molecule has 1 saturated carbocycles. The predicted molar refractivity (Wildman–Crippen MR) is 188 cm³/mol. The van der Waals surface area contributed by atoms with Gasteiger partial charge in [0.25, 0.3) is 0 Å². The van der Waals surface area contributed by atoms with Gasteiger partial charge < -0.3 is 15.0 Å². The van der Waals surface area contributed by atoms with E-state index < -0.39 is 10.0 Å². The van der Waals surface area contributed by atoms with Gasteiger partial charge in [0.1, 0.15) is 21.5 Å². The van der Waals surface area contributed by atoms with Gasteiger partial charge >= 0.3 is 0 Å². The molecule has 2 aromatic rings. The van der Waals surface area contributed by atoms with Crippen LogP contribution in [0, 0.1) is 5.92 Å². The molecule has 7 nitrogen and oxygen atoms in total. The standard InChI is InChI=1S/C32H46N4O3S3.ClH/c1-3-4-20-36(32(41)31(40)33-23-25-8-6-5-7-9-25)28-18-21-35(22-19-28)24-26-10-14-29(15-11-26)39-30-16-12-27(13-17-30)34-42(2,37)38;/h10-17,25,28,34H,3-9,18-24H2,1-2H3,(H,33,40);1H. The molecule has 2 aromatic carbocycles. The monoisotopic (exact) mass is 666 g/mol. The zero-order valence-electron chi connectivity index (χ0n) is 25.4. The number of hydrogen-bond donors (Lipinski definition) is 2. The van der Waals surface area contributed by atoms with Crippen molar-refractivity contribution in [3.05, 3.63) is 54.1 Å². The molecule has 238 valence electrons. The summed E-state index contributed by atoms with van der Waals surface area (Å²) in [5, 5.41) is 3.52. The Balaban J connectivity index is 0.00000506. The molecule has 0 radical (unpaired) electrons. The van der Waals surface area contributed by atoms with Gasteiger partial charge in [-0.05, 0) is 80.0 Å². The lowest BCUT2D eigenvalue weighted by atomic mass is 9.89. The Morgan fingerprint density at radius 2 is 1.56 bits per heavy atom. The summed E-state index contributed by atoms with van der Waals surface area (Å²) in [6.45, 7) is 7.13. The van der Waals surface area contributed by atoms with Crippen LogP contribution < -0.4 is 14.8 Å². The summed E-state index contributed by atoms with van der Waals surface area (Å²) in [6, 6.07) is 15.5. The van der Waals surface area contributed by atoms with E-state index in [4.69, 9.17) is 29.2 Å². The molecule has 11 heteroatoms. The molecule has 2 fully saturated rings. The maximum atomic E-state index is 11.4. The number of anilines is 1. The number of hydrogen-bond acceptors (Lipinski definition) is 6. The third-order valence-electron chi connectivity index (χ3n) is 8.20. The van der Waals surface area contributed by atoms with Gasteiger partial charge in [-0.3, -0.25) is 9.62 Å². The van der Waals surface area contributed by atoms with Crippen LogP contribution in [0.25, 0.3) is 0 Å². The predicted octanol–water partition coefficient (Wildman–Crippen LogP) is 7.16. The molecule has 43 heavy (non-hydrogen) atoms. The minimum Gasteiger partial charge on any atom is -0.457 e. The Morgan fingerprint density at radius 3 is 2.14 bits per heavy atom. The Labute approximate surface area is 275 Å². The molecule has 0 atom stereocenters. The van der Waals surface area contributed by atoms with Crippen molar-refractivity contribution in [2.45, 2.75) is 77.3 Å². The molecule has 0 unspecified atom stereocenters. The van der Waals surface area contributed by atoms with Crippen LogP contribution in [-0.2, 0) is 16.6 Å². The van der Waals surface area contributed by atoms with E-state index in [1.807, 2.05) is 12.1 Å². The Bertz CT molecular complexity index is 1260. The number of thiocarbonyl (C=S) groups is 2. The van der Waals surface area contributed by atoms with Crippen LogP contribution in [-0.4, -0.2) is 66.7 Å². The fourth-order valence-corrected chi connectivity index (χ4v) is 6.94. The first-order valence-electron chi connectivity index (χ1n) is 15.4. The fraction of sp³-hybridized carbons (Fsp3) is 0.562. The van der Waals surface area contributed by atoms with Crippen LogP contribution >= 0.6 is 36.8 Å². The zero-order chi connectivity index (χ0) is 30.0. The van der Waals surface area contributed by atoms with E-state index in [0.29, 0.717) is 17.5 Å². The van der Waals surface area contributed by atoms with E-state index in [1.54, 1.807) is 24.3 Å². The molecule has 1 aliphatic carbocycles. The van der Waals surface area contributed by atoms with Gasteiger partial charge in [-0.1, -0.05) is 69.2 Å². The molecule has 1 heterocycles. The highest BCUT2D eigenvalue weighted by Crippen LogP contribution is 2.26. The summed E-state index contributed by atoms with van der Waals surface area (Å²) < 4.78 is 31.2. The van der Waals surface area contributed by atoms with Crippen molar-refractivity contribution in [2.75, 3.05) is 37.2 Å². The van der Waals surface area contributed by atoms with Crippen molar-refractivity contribution in [3.63, 3.8) is 0 Å². The third kappa shape index (κ3) is 11.8. The summed E-state index contributed by atoms with van der Waals surface area (Å²) in [6.07, 6.45) is 12.2. The van der Waals surface area contributed by atoms with E-state index in [-0.39, 0.29) is 12.4 Å². The minimum atomic E-state index is -3.30. The van der Waals surface area contributed by atoms with Gasteiger partial charge in [-0.25, -0.2) is 8.42 Å². The largest absolute Gasteiger partial charge is 0.457 e. The van der Waals surface area contributed by atoms with Crippen molar-refractivity contribution >= 4 is 62.5 Å². The topological polar surface area (TPSA) is 73.9 Å². The SMILES string of the molecule is CCCCN(C(=S)C(=S)NCC1CCCCC1)C1CCN(Cc2ccc(Oc3ccc(NS(C)(=O)=O)cc3)cc2)CC1.Cl. The molecule has 2 aliphatic rings. The molecular weight excluding hydrogens is 620 g/mol. The second-order valence-electron chi connectivity index (χ2n) is 11.7. The average Bonchev–Trinajstić information content (AvgIpc) is 2.98. The van der Waals surface area contributed by atoms with Crippen LogP contribution in [0.15, 0.2) is 48.5 Å². The summed E-state index contributed by atoms with van der Waals surface area (Å²) >= 11 is 11.7. The van der Waals surface area contributed by atoms with Crippen molar-refractivity contribution in [2.24, 2.45) is 5.92 Å². The first-order valence-corrected chi connectivity index (χ1v) is 18.1. The second-order valence-corrected chi connectivity index (χ2v) is 14.3. The first kappa shape index (κ1) is 35.5. The van der Waals surface area contributed by atoms with Gasteiger partial charge in [0.2, 0.25) is 10.0 Å². The number of halogens is 1. The molecule has 0 amide bonds. The summed E-state index contributed by atoms with van der Waals surface area (Å²) in [5.41, 5.74) is 1.76. The van der Waals surface area contributed by atoms with Crippen molar-refractivity contribution in [3.8, 4) is 11.5 Å². The lowest BCUT2D eigenvalue weighted by molar-refractivity contribution is 0.149. The molecule has 0 bridgehead atoms. The maximum Gasteiger partial charge on any atom is 0.229 e. The van der Waals surface area contributed by atoms with E-state index in [2.05, 4.69) is 38.9 Å². The second kappa shape index (κ2) is 17.5. The fourth-order valence-electron chi connectivity index (χ4n) is 5.86. The minimum absolute atomic E-state index is 0. The van der Waals surface area contributed by atoms with Gasteiger partial charge in [-0.15, -0.1) is 12.4 Å². The molecule has 2 N–H and O–H groups in total. The molecule has 0 aromatic heterocycles. The normalized spacial score (nSPS) is 16.6. The number of nitrogens with zero attached hydrogens (tertiary/aromatic N) is 2. The van der Waals surface area contributed by atoms with E-state index in [9.17, 15) is 8.42 Å². The highest BCUT2D eigenvalue weighted by atomic mass is 35.5. The highest BCUT2D eigenvalue weighted by Gasteiger charge is 2.28. The van der Waals surface area contributed by atoms with E-state index >= 15 is 0 Å². The molecule has 0 spiro atoms. The number of sulfonamides is 1. The Kier molecular flexibility index (Phi) is 14.4. The van der Waals surface area contributed by atoms with Crippen LogP contribution in [0.1, 0.15) is 70.3 Å². The lowest BCUT2D eigenvalue weighted by Gasteiger charge is -2.40. The quantitative estimate of drug-likeness (QED) is 0.231. The number of nitrogens with one attached hydrogen (secondary N) is 2. The molecular formula is C32H47ClN4O3S3. The average molecular weight is 667 g/mol. The van der Waals surface area contributed by atoms with Crippen molar-refractivity contribution in [1.82, 2.24) is 15.1 Å².